The Bertz CT molecular complexity index is 729. The first-order valence-electron chi connectivity index (χ1n) is 6.61. The maximum atomic E-state index is 13.7. The summed E-state index contributed by atoms with van der Waals surface area (Å²) >= 11 is 6.02. The summed E-state index contributed by atoms with van der Waals surface area (Å²) in [4.78, 5) is 0. The molecule has 2 rings (SSSR count). The van der Waals surface area contributed by atoms with E-state index in [1.165, 1.54) is 19.1 Å². The lowest BCUT2D eigenvalue weighted by atomic mass is 10.1. The third-order valence-electron chi connectivity index (χ3n) is 3.50. The van der Waals surface area contributed by atoms with Crippen LogP contribution >= 0.6 is 11.6 Å². The molecule has 0 radical (unpaired) electrons. The summed E-state index contributed by atoms with van der Waals surface area (Å²) in [7, 11) is -3.45. The first-order valence-corrected chi connectivity index (χ1v) is 8.70. The fourth-order valence-electron chi connectivity index (χ4n) is 2.13. The molecule has 0 N–H and O–H groups in total. The van der Waals surface area contributed by atoms with Gasteiger partial charge >= 0.3 is 0 Å². The van der Waals surface area contributed by atoms with Gasteiger partial charge in [0.1, 0.15) is 5.82 Å². The Labute approximate surface area is 129 Å². The zero-order valence-corrected chi connectivity index (χ0v) is 13.2. The molecule has 0 bridgehead atoms. The van der Waals surface area contributed by atoms with Crippen LogP contribution in [0.3, 0.4) is 0 Å². The molecule has 21 heavy (non-hydrogen) atoms. The molecule has 0 aromatic heterocycles. The molecule has 0 heterocycles. The Morgan fingerprint density at radius 3 is 2.38 bits per heavy atom. The van der Waals surface area contributed by atoms with Gasteiger partial charge in [-0.3, -0.25) is 0 Å². The Hall–Kier alpha value is -1.39. The van der Waals surface area contributed by atoms with E-state index in [-0.39, 0.29) is 11.3 Å². The van der Waals surface area contributed by atoms with Crippen LogP contribution in [0.5, 0.6) is 0 Å². The molecule has 0 saturated carbocycles. The van der Waals surface area contributed by atoms with Crippen molar-refractivity contribution in [1.29, 1.82) is 0 Å². The fraction of sp³-hybridized carbons (Fsp3) is 0.250. The molecule has 0 aliphatic heterocycles. The maximum absolute atomic E-state index is 13.7. The normalized spacial score (nSPS) is 13.1. The van der Waals surface area contributed by atoms with Gasteiger partial charge in [-0.15, -0.1) is 0 Å². The van der Waals surface area contributed by atoms with E-state index in [0.717, 1.165) is 5.56 Å². The molecule has 0 aliphatic carbocycles. The Balaban J connectivity index is 2.16. The lowest BCUT2D eigenvalue weighted by Gasteiger charge is -2.14. The summed E-state index contributed by atoms with van der Waals surface area (Å²) in [6, 6.07) is 13.1. The largest absolute Gasteiger partial charge is 0.228 e. The van der Waals surface area contributed by atoms with Crippen molar-refractivity contribution in [3.05, 3.63) is 70.5 Å². The predicted molar refractivity (Wildman–Crippen MR) is 83.8 cm³/mol. The summed E-state index contributed by atoms with van der Waals surface area (Å²) in [5.74, 6) is -0.557. The van der Waals surface area contributed by atoms with Gasteiger partial charge in [-0.2, -0.15) is 0 Å². The van der Waals surface area contributed by atoms with Crippen LogP contribution in [0.2, 0.25) is 5.02 Å². The molecule has 2 aromatic carbocycles. The van der Waals surface area contributed by atoms with Crippen LogP contribution < -0.4 is 0 Å². The monoisotopic (exact) mass is 326 g/mol. The Morgan fingerprint density at radius 1 is 1.10 bits per heavy atom. The maximum Gasteiger partial charge on any atom is 0.157 e. The number of aryl methyl sites for hydroxylation is 1. The van der Waals surface area contributed by atoms with Gasteiger partial charge in [0.15, 0.2) is 9.84 Å². The van der Waals surface area contributed by atoms with E-state index in [0.29, 0.717) is 11.4 Å². The van der Waals surface area contributed by atoms with Crippen molar-refractivity contribution >= 4 is 21.4 Å². The molecule has 0 saturated heterocycles. The summed E-state index contributed by atoms with van der Waals surface area (Å²) in [6.07, 6.45) is 0.320. The molecule has 0 aliphatic rings. The van der Waals surface area contributed by atoms with E-state index in [1.807, 2.05) is 6.07 Å². The van der Waals surface area contributed by atoms with E-state index in [2.05, 4.69) is 0 Å². The molecule has 1 unspecified atom stereocenters. The lowest BCUT2D eigenvalue weighted by Crippen LogP contribution is -2.17. The van der Waals surface area contributed by atoms with Crippen molar-refractivity contribution in [2.24, 2.45) is 0 Å². The van der Waals surface area contributed by atoms with E-state index >= 15 is 0 Å². The van der Waals surface area contributed by atoms with Gasteiger partial charge in [0.25, 0.3) is 0 Å². The van der Waals surface area contributed by atoms with E-state index in [4.69, 9.17) is 11.6 Å². The summed E-state index contributed by atoms with van der Waals surface area (Å²) in [6.45, 7) is 1.51. The van der Waals surface area contributed by atoms with Crippen molar-refractivity contribution in [2.75, 3.05) is 5.75 Å². The second kappa shape index (κ2) is 6.58. The quantitative estimate of drug-likeness (QED) is 0.825. The summed E-state index contributed by atoms with van der Waals surface area (Å²) < 4.78 is 38.4. The fourth-order valence-corrected chi connectivity index (χ4v) is 3.79. The second-order valence-corrected chi connectivity index (χ2v) is 7.72. The number of halogens is 2. The van der Waals surface area contributed by atoms with Gasteiger partial charge in [0.05, 0.1) is 11.0 Å². The zero-order chi connectivity index (χ0) is 15.5. The number of sulfone groups is 1. The first kappa shape index (κ1) is 16.0. The molecule has 0 fully saturated rings. The Morgan fingerprint density at radius 2 is 1.71 bits per heavy atom. The molecule has 0 spiro atoms. The molecular formula is C16H16ClFO2S. The zero-order valence-electron chi connectivity index (χ0n) is 11.6. The first-order chi connectivity index (χ1) is 9.92. The van der Waals surface area contributed by atoms with E-state index in [9.17, 15) is 12.8 Å². The topological polar surface area (TPSA) is 34.1 Å². The smallest absolute Gasteiger partial charge is 0.157 e. The van der Waals surface area contributed by atoms with Gasteiger partial charge in [0, 0.05) is 10.6 Å². The second-order valence-electron chi connectivity index (χ2n) is 4.87. The molecule has 0 amide bonds. The minimum atomic E-state index is -3.45. The molecular weight excluding hydrogens is 311 g/mol. The Kier molecular flexibility index (Phi) is 5.01. The van der Waals surface area contributed by atoms with Crippen molar-refractivity contribution in [1.82, 2.24) is 0 Å². The lowest BCUT2D eigenvalue weighted by molar-refractivity contribution is 0.573. The average molecular weight is 327 g/mol. The third kappa shape index (κ3) is 3.83. The van der Waals surface area contributed by atoms with Crippen molar-refractivity contribution < 1.29 is 12.8 Å². The minimum absolute atomic E-state index is 0.0633. The highest BCUT2D eigenvalue weighted by Gasteiger charge is 2.24. The van der Waals surface area contributed by atoms with E-state index in [1.54, 1.807) is 30.3 Å². The van der Waals surface area contributed by atoms with Crippen molar-refractivity contribution in [3.8, 4) is 0 Å². The molecule has 112 valence electrons. The average Bonchev–Trinajstić information content (AvgIpc) is 2.46. The number of hydrogen-bond acceptors (Lipinski definition) is 2. The van der Waals surface area contributed by atoms with Gasteiger partial charge < -0.3 is 0 Å². The summed E-state index contributed by atoms with van der Waals surface area (Å²) in [5, 5.41) is -0.326. The number of rotatable bonds is 5. The molecule has 2 nitrogen and oxygen atoms in total. The van der Waals surface area contributed by atoms with Gasteiger partial charge in [-0.1, -0.05) is 48.0 Å². The van der Waals surface area contributed by atoms with Crippen LogP contribution in [0.1, 0.15) is 23.3 Å². The highest BCUT2D eigenvalue weighted by atomic mass is 35.5. The highest BCUT2D eigenvalue weighted by molar-refractivity contribution is 7.91. The molecule has 2 aromatic rings. The van der Waals surface area contributed by atoms with Crippen LogP contribution in [-0.4, -0.2) is 14.2 Å². The summed E-state index contributed by atoms with van der Waals surface area (Å²) in [5.41, 5.74) is 0.986. The van der Waals surface area contributed by atoms with Gasteiger partial charge in [-0.05, 0) is 31.0 Å². The van der Waals surface area contributed by atoms with Gasteiger partial charge in [-0.25, -0.2) is 12.8 Å². The predicted octanol–water partition coefficient (Wildman–Crippen LogP) is 4.20. The van der Waals surface area contributed by atoms with Crippen LogP contribution in [0, 0.1) is 5.82 Å². The van der Waals surface area contributed by atoms with E-state index < -0.39 is 20.9 Å². The third-order valence-corrected chi connectivity index (χ3v) is 5.97. The molecule has 5 heteroatoms. The van der Waals surface area contributed by atoms with Crippen molar-refractivity contribution in [3.63, 3.8) is 0 Å². The van der Waals surface area contributed by atoms with Gasteiger partial charge in [0.2, 0.25) is 0 Å². The van der Waals surface area contributed by atoms with Crippen LogP contribution in [-0.2, 0) is 16.3 Å². The number of benzene rings is 2. The van der Waals surface area contributed by atoms with Crippen LogP contribution in [0.25, 0.3) is 0 Å². The standard InChI is InChI=1S/C16H16ClFO2S/c1-12(14-7-3-5-9-16(14)18)21(19,20)11-10-13-6-2-4-8-15(13)17/h2-9,12H,10-11H2,1H3. The minimum Gasteiger partial charge on any atom is -0.228 e. The van der Waals surface area contributed by atoms with Crippen molar-refractivity contribution in [2.45, 2.75) is 18.6 Å². The SMILES string of the molecule is CC(c1ccccc1F)S(=O)(=O)CCc1ccccc1Cl. The highest BCUT2D eigenvalue weighted by Crippen LogP contribution is 2.26. The number of hydrogen-bond donors (Lipinski definition) is 0. The van der Waals surface area contributed by atoms with Crippen LogP contribution in [0.4, 0.5) is 4.39 Å². The van der Waals surface area contributed by atoms with Crippen LogP contribution in [0.15, 0.2) is 48.5 Å². The molecule has 1 atom stereocenters.